The van der Waals surface area contributed by atoms with Crippen molar-refractivity contribution in [3.63, 3.8) is 0 Å². The standard InChI is InChI=1S/C14H10O4.K.H/c15-13(16)11-8-4-5-9-12(11)14(17)18-10-6-2-1-3-7-10;;/h1-9H,(H,15,16);;/q;+1;-1. The number of carbonyl (C=O) groups is 2. The average molecular weight is 282 g/mol. The molecular weight excluding hydrogens is 271 g/mol. The first-order chi connectivity index (χ1) is 8.68. The van der Waals surface area contributed by atoms with Crippen LogP contribution in [-0.4, -0.2) is 17.0 Å². The van der Waals surface area contributed by atoms with Gasteiger partial charge in [-0.1, -0.05) is 30.3 Å². The van der Waals surface area contributed by atoms with E-state index in [2.05, 4.69) is 0 Å². The van der Waals surface area contributed by atoms with Gasteiger partial charge in [0.15, 0.2) is 0 Å². The summed E-state index contributed by atoms with van der Waals surface area (Å²) >= 11 is 0. The summed E-state index contributed by atoms with van der Waals surface area (Å²) in [6, 6.07) is 14.4. The van der Waals surface area contributed by atoms with Gasteiger partial charge < -0.3 is 11.3 Å². The summed E-state index contributed by atoms with van der Waals surface area (Å²) in [6.45, 7) is 0. The Morgan fingerprint density at radius 1 is 0.895 bits per heavy atom. The van der Waals surface area contributed by atoms with Crippen molar-refractivity contribution < 1.29 is 72.2 Å². The van der Waals surface area contributed by atoms with Gasteiger partial charge in [-0.15, -0.1) is 0 Å². The van der Waals surface area contributed by atoms with Crippen LogP contribution in [0.1, 0.15) is 22.1 Å². The molecular formula is C14H11KO4. The molecule has 0 radical (unpaired) electrons. The third kappa shape index (κ3) is 4.26. The second-order valence-electron chi connectivity index (χ2n) is 3.55. The van der Waals surface area contributed by atoms with Crippen molar-refractivity contribution in [3.05, 3.63) is 65.7 Å². The number of carboxylic acid groups (broad SMARTS) is 1. The van der Waals surface area contributed by atoms with Crippen molar-refractivity contribution in [2.45, 2.75) is 0 Å². The quantitative estimate of drug-likeness (QED) is 0.478. The Morgan fingerprint density at radius 3 is 2.00 bits per heavy atom. The van der Waals surface area contributed by atoms with Gasteiger partial charge in [-0.3, -0.25) is 0 Å². The molecule has 0 amide bonds. The monoisotopic (exact) mass is 282 g/mol. The number of hydrogen-bond donors (Lipinski definition) is 1. The molecule has 0 bridgehead atoms. The zero-order valence-corrected chi connectivity index (χ0v) is 13.5. The van der Waals surface area contributed by atoms with Crippen LogP contribution < -0.4 is 56.1 Å². The summed E-state index contributed by atoms with van der Waals surface area (Å²) < 4.78 is 5.09. The van der Waals surface area contributed by atoms with E-state index in [0.717, 1.165) is 0 Å². The van der Waals surface area contributed by atoms with Crippen LogP contribution in [0, 0.1) is 0 Å². The van der Waals surface area contributed by atoms with Crippen LogP contribution in [0.25, 0.3) is 0 Å². The molecule has 0 heterocycles. The Hall–Kier alpha value is -0.984. The number of benzene rings is 2. The summed E-state index contributed by atoms with van der Waals surface area (Å²) in [6.07, 6.45) is 0. The molecule has 0 aliphatic heterocycles. The van der Waals surface area contributed by atoms with Crippen molar-refractivity contribution >= 4 is 11.9 Å². The number of carboxylic acids is 1. The molecule has 2 rings (SSSR count). The smallest absolute Gasteiger partial charge is 1.00 e. The predicted octanol–water partition coefficient (Wildman–Crippen LogP) is -0.280. The fraction of sp³-hybridized carbons (Fsp3) is 0. The molecule has 0 unspecified atom stereocenters. The molecule has 5 heteroatoms. The Balaban J connectivity index is 0.00000180. The van der Waals surface area contributed by atoms with Gasteiger partial charge in [0.05, 0.1) is 11.1 Å². The first-order valence-electron chi connectivity index (χ1n) is 5.28. The molecule has 0 spiro atoms. The van der Waals surface area contributed by atoms with Gasteiger partial charge in [0, 0.05) is 0 Å². The predicted molar refractivity (Wildman–Crippen MR) is 65.9 cm³/mol. The molecule has 0 aliphatic carbocycles. The fourth-order valence-electron chi connectivity index (χ4n) is 1.50. The molecule has 2 aromatic carbocycles. The van der Waals surface area contributed by atoms with Gasteiger partial charge in [-0.25, -0.2) is 9.59 Å². The Morgan fingerprint density at radius 2 is 1.42 bits per heavy atom. The topological polar surface area (TPSA) is 63.6 Å². The Bertz CT molecular complexity index is 587. The number of esters is 1. The third-order valence-electron chi connectivity index (χ3n) is 2.33. The van der Waals surface area contributed by atoms with E-state index < -0.39 is 11.9 Å². The van der Waals surface area contributed by atoms with Gasteiger partial charge in [-0.05, 0) is 24.3 Å². The van der Waals surface area contributed by atoms with Gasteiger partial charge in [0.2, 0.25) is 0 Å². The van der Waals surface area contributed by atoms with Crippen LogP contribution >= 0.6 is 0 Å². The number of hydrogen-bond acceptors (Lipinski definition) is 3. The third-order valence-corrected chi connectivity index (χ3v) is 2.33. The molecule has 92 valence electrons. The minimum absolute atomic E-state index is 0. The molecule has 4 nitrogen and oxygen atoms in total. The van der Waals surface area contributed by atoms with Crippen LogP contribution in [0.2, 0.25) is 0 Å². The maximum atomic E-state index is 11.9. The molecule has 1 N–H and O–H groups in total. The zero-order chi connectivity index (χ0) is 13.0. The Labute approximate surface area is 154 Å². The zero-order valence-electron chi connectivity index (χ0n) is 11.4. The minimum atomic E-state index is -1.16. The van der Waals surface area contributed by atoms with Crippen molar-refractivity contribution in [1.82, 2.24) is 0 Å². The number of aromatic carboxylic acids is 1. The molecule has 0 atom stereocenters. The minimum Gasteiger partial charge on any atom is -1.00 e. The van der Waals surface area contributed by atoms with E-state index in [1.807, 2.05) is 0 Å². The van der Waals surface area contributed by atoms with E-state index in [4.69, 9.17) is 9.84 Å². The van der Waals surface area contributed by atoms with Gasteiger partial charge >= 0.3 is 63.3 Å². The maximum Gasteiger partial charge on any atom is 1.00 e. The normalized spacial score (nSPS) is 9.26. The molecule has 0 saturated carbocycles. The van der Waals surface area contributed by atoms with Crippen molar-refractivity contribution in [1.29, 1.82) is 0 Å². The van der Waals surface area contributed by atoms with E-state index in [9.17, 15) is 9.59 Å². The van der Waals surface area contributed by atoms with E-state index in [1.54, 1.807) is 42.5 Å². The molecule has 0 aromatic heterocycles. The van der Waals surface area contributed by atoms with Crippen LogP contribution in [0.4, 0.5) is 0 Å². The maximum absolute atomic E-state index is 11.9. The van der Waals surface area contributed by atoms with Crippen LogP contribution in [-0.2, 0) is 0 Å². The fourth-order valence-corrected chi connectivity index (χ4v) is 1.50. The van der Waals surface area contributed by atoms with Gasteiger partial charge in [0.25, 0.3) is 0 Å². The summed E-state index contributed by atoms with van der Waals surface area (Å²) in [5.41, 5.74) is -0.0349. The average Bonchev–Trinajstić information content (AvgIpc) is 2.40. The van der Waals surface area contributed by atoms with Crippen molar-refractivity contribution in [2.75, 3.05) is 0 Å². The first-order valence-corrected chi connectivity index (χ1v) is 5.28. The van der Waals surface area contributed by atoms with Crippen LogP contribution in [0.3, 0.4) is 0 Å². The molecule has 2 aromatic rings. The van der Waals surface area contributed by atoms with Crippen LogP contribution in [0.5, 0.6) is 5.75 Å². The van der Waals surface area contributed by atoms with Crippen molar-refractivity contribution in [2.24, 2.45) is 0 Å². The van der Waals surface area contributed by atoms with Gasteiger partial charge in [-0.2, -0.15) is 0 Å². The molecule has 0 aliphatic rings. The number of rotatable bonds is 3. The summed E-state index contributed by atoms with van der Waals surface area (Å²) in [5.74, 6) is -1.46. The number of carbonyl (C=O) groups excluding carboxylic acids is 1. The summed E-state index contributed by atoms with van der Waals surface area (Å²) in [7, 11) is 0. The van der Waals surface area contributed by atoms with E-state index in [1.165, 1.54) is 12.1 Å². The second kappa shape index (κ2) is 7.57. The SMILES string of the molecule is O=C(O)c1ccccc1C(=O)Oc1ccccc1.[H-].[K+]. The van der Waals surface area contributed by atoms with E-state index in [0.29, 0.717) is 5.75 Å². The summed E-state index contributed by atoms with van der Waals surface area (Å²) in [4.78, 5) is 22.8. The molecule has 0 saturated heterocycles. The molecule has 19 heavy (non-hydrogen) atoms. The van der Waals surface area contributed by atoms with Crippen molar-refractivity contribution in [3.8, 4) is 5.75 Å². The van der Waals surface area contributed by atoms with E-state index >= 15 is 0 Å². The first kappa shape index (κ1) is 16.1. The van der Waals surface area contributed by atoms with Crippen LogP contribution in [0.15, 0.2) is 54.6 Å². The molecule has 0 fully saturated rings. The Kier molecular flexibility index (Phi) is 6.40. The number of ether oxygens (including phenoxy) is 1. The summed E-state index contributed by atoms with van der Waals surface area (Å²) in [5, 5.41) is 8.97. The number of para-hydroxylation sites is 1. The van der Waals surface area contributed by atoms with Gasteiger partial charge in [0.1, 0.15) is 5.75 Å². The van der Waals surface area contributed by atoms with E-state index in [-0.39, 0.29) is 63.9 Å². The largest absolute Gasteiger partial charge is 1.00 e. The second-order valence-corrected chi connectivity index (χ2v) is 3.55.